The minimum atomic E-state index is -1.29. The number of nitrogens with two attached hydrogens (primary N) is 1. The van der Waals surface area contributed by atoms with Crippen molar-refractivity contribution >= 4 is 23.7 Å². The number of carbonyl (C=O) groups is 2. The van der Waals surface area contributed by atoms with Crippen molar-refractivity contribution in [2.45, 2.75) is 26.4 Å². The van der Waals surface area contributed by atoms with E-state index in [1.54, 1.807) is 39.0 Å². The molecule has 7 heteroatoms. The van der Waals surface area contributed by atoms with Gasteiger partial charge < -0.3 is 9.84 Å². The predicted molar refractivity (Wildman–Crippen MR) is 98.9 cm³/mol. The number of ether oxygens (including phenoxy) is 1. The normalized spacial score (nSPS) is 10.7. The molecule has 5 N–H and O–H groups in total. The lowest BCUT2D eigenvalue weighted by atomic mass is 10.0. The maximum atomic E-state index is 12.2. The van der Waals surface area contributed by atoms with Crippen molar-refractivity contribution in [1.82, 2.24) is 5.32 Å². The van der Waals surface area contributed by atoms with E-state index in [1.807, 2.05) is 30.3 Å². The van der Waals surface area contributed by atoms with Crippen LogP contribution in [0.3, 0.4) is 0 Å². The average molecular weight is 356 g/mol. The summed E-state index contributed by atoms with van der Waals surface area (Å²) in [6.45, 7) is 5.25. The van der Waals surface area contributed by atoms with Gasteiger partial charge in [0.25, 0.3) is 5.84 Å². The minimum Gasteiger partial charge on any atom is -0.447 e. The van der Waals surface area contributed by atoms with Gasteiger partial charge in [0.05, 0.1) is 11.3 Å². The lowest BCUT2D eigenvalue weighted by molar-refractivity contribution is -0.116. The molecule has 0 radical (unpaired) electrons. The van der Waals surface area contributed by atoms with Gasteiger partial charge in [-0.05, 0) is 44.0 Å². The van der Waals surface area contributed by atoms with Crippen LogP contribution in [0.2, 0.25) is 0 Å². The zero-order valence-electron chi connectivity index (χ0n) is 14.9. The highest BCUT2D eigenvalue weighted by molar-refractivity contribution is 6.08. The average Bonchev–Trinajstić information content (AvgIpc) is 2.53. The van der Waals surface area contributed by atoms with E-state index >= 15 is 0 Å². The predicted octanol–water partition coefficient (Wildman–Crippen LogP) is 2.47. The second-order valence-corrected chi connectivity index (χ2v) is 6.60. The number of amidine groups is 1. The van der Waals surface area contributed by atoms with Gasteiger partial charge in [-0.15, -0.1) is 0 Å². The van der Waals surface area contributed by atoms with E-state index in [-0.39, 0.29) is 5.84 Å². The van der Waals surface area contributed by atoms with Gasteiger partial charge in [-0.2, -0.15) is 10.1 Å². The Hall–Kier alpha value is -3.35. The molecular weight excluding hydrogens is 334 g/mol. The quantitative estimate of drug-likeness (QED) is 0.500. The summed E-state index contributed by atoms with van der Waals surface area (Å²) in [5, 5.41) is 19.4. The van der Waals surface area contributed by atoms with Crippen LogP contribution in [0.15, 0.2) is 48.5 Å². The highest BCUT2D eigenvalue weighted by atomic mass is 16.6. The van der Waals surface area contributed by atoms with Gasteiger partial charge in [-0.3, -0.25) is 10.7 Å². The zero-order valence-corrected chi connectivity index (χ0v) is 14.9. The van der Waals surface area contributed by atoms with Crippen molar-refractivity contribution < 1.29 is 24.8 Å². The van der Waals surface area contributed by atoms with Gasteiger partial charge in [0, 0.05) is 0 Å². The molecule has 0 aromatic heterocycles. The number of nitrogens with one attached hydrogen (secondary N) is 2. The number of carbonyl (C=O) groups excluding carboxylic acids is 1. The van der Waals surface area contributed by atoms with Crippen LogP contribution in [-0.4, -0.2) is 28.7 Å². The van der Waals surface area contributed by atoms with Crippen molar-refractivity contribution in [1.29, 1.82) is 0 Å². The molecule has 0 aliphatic rings. The fourth-order valence-electron chi connectivity index (χ4n) is 2.29. The highest BCUT2D eigenvalue weighted by Gasteiger charge is 2.21. The summed E-state index contributed by atoms with van der Waals surface area (Å²) in [5.74, 6) is -0.0943. The van der Waals surface area contributed by atoms with Crippen LogP contribution in [0, 0.1) is 0 Å². The molecule has 136 valence electrons. The molecule has 0 heterocycles. The van der Waals surface area contributed by atoms with Crippen LogP contribution in [0.25, 0.3) is 11.1 Å². The zero-order chi connectivity index (χ0) is 19.3. The Bertz CT molecular complexity index is 826. The Morgan fingerprint density at radius 2 is 1.69 bits per heavy atom. The van der Waals surface area contributed by atoms with Gasteiger partial charge in [0.2, 0.25) is 0 Å². The van der Waals surface area contributed by atoms with Gasteiger partial charge in [-0.1, -0.05) is 36.4 Å². The monoisotopic (exact) mass is 356 g/mol. The first-order chi connectivity index (χ1) is 12.2. The largest absolute Gasteiger partial charge is 0.502 e. The molecule has 0 aliphatic carbocycles. The fraction of sp³-hybridized carbons (Fsp3) is 0.211. The van der Waals surface area contributed by atoms with Crippen LogP contribution < -0.4 is 16.0 Å². The number of amides is 2. The minimum absolute atomic E-state index is 0.0943. The van der Waals surface area contributed by atoms with Crippen molar-refractivity contribution in [3.8, 4) is 11.1 Å². The van der Waals surface area contributed by atoms with E-state index in [2.05, 4.69) is 10.6 Å². The molecule has 0 unspecified atom stereocenters. The Labute approximate surface area is 151 Å². The first-order valence-corrected chi connectivity index (χ1v) is 7.98. The van der Waals surface area contributed by atoms with Crippen molar-refractivity contribution in [3.05, 3.63) is 54.1 Å². The van der Waals surface area contributed by atoms with Crippen LogP contribution in [0.5, 0.6) is 0 Å². The summed E-state index contributed by atoms with van der Waals surface area (Å²) in [6.07, 6.45) is -1.95. The molecule has 2 aromatic rings. The Morgan fingerprint density at radius 3 is 2.27 bits per heavy atom. The van der Waals surface area contributed by atoms with Crippen molar-refractivity contribution in [2.24, 2.45) is 0 Å². The second kappa shape index (κ2) is 7.69. The van der Waals surface area contributed by atoms with Gasteiger partial charge in [-0.25, -0.2) is 4.79 Å². The van der Waals surface area contributed by atoms with Gasteiger partial charge >= 0.3 is 12.2 Å². The molecule has 0 spiro atoms. The van der Waals surface area contributed by atoms with E-state index in [9.17, 15) is 9.59 Å². The molecule has 2 amide bonds. The summed E-state index contributed by atoms with van der Waals surface area (Å²) >= 11 is 0. The Morgan fingerprint density at radius 1 is 1.04 bits per heavy atom. The highest BCUT2D eigenvalue weighted by Crippen LogP contribution is 2.26. The molecule has 26 heavy (non-hydrogen) atoms. The Kier molecular flexibility index (Phi) is 5.61. The van der Waals surface area contributed by atoms with E-state index in [0.29, 0.717) is 11.3 Å². The number of carboxylic acid groups (broad SMARTS) is 1. The topological polar surface area (TPSA) is 113 Å². The van der Waals surface area contributed by atoms with E-state index < -0.39 is 17.8 Å². The molecule has 0 atom stereocenters. The molecule has 2 rings (SSSR count). The number of anilines is 1. The van der Waals surface area contributed by atoms with Crippen LogP contribution in [0.4, 0.5) is 15.3 Å². The third-order valence-electron chi connectivity index (χ3n) is 3.29. The molecule has 0 aliphatic heterocycles. The number of hydrogen-bond acceptors (Lipinski definition) is 3. The number of rotatable bonds is 3. The van der Waals surface area contributed by atoms with Crippen LogP contribution in [0.1, 0.15) is 26.3 Å². The molecule has 0 saturated heterocycles. The van der Waals surface area contributed by atoms with E-state index in [1.165, 1.54) is 0 Å². The smallest absolute Gasteiger partial charge is 0.447 e. The molecule has 2 aromatic carbocycles. The molecule has 0 bridgehead atoms. The summed E-state index contributed by atoms with van der Waals surface area (Å²) in [4.78, 5) is 23.0. The Balaban J connectivity index is 2.40. The standard InChI is InChI=1S/C19H21N3O4/c1-19(2,3)26-18(25)21-15-11-13(12-7-5-4-6-8-12)9-10-14(15)16(20)22-17(23)24/h4-11H,1-3H3,(H2,20,22)(H,21,25)(H,23,24)/p+1. The van der Waals surface area contributed by atoms with Gasteiger partial charge in [0.15, 0.2) is 0 Å². The summed E-state index contributed by atoms with van der Waals surface area (Å²) in [6, 6.07) is 14.7. The lowest BCUT2D eigenvalue weighted by Crippen LogP contribution is -2.51. The lowest BCUT2D eigenvalue weighted by Gasteiger charge is -2.20. The molecule has 0 fully saturated rings. The number of hydrogen-bond donors (Lipinski definition) is 4. The first kappa shape index (κ1) is 19.0. The maximum Gasteiger partial charge on any atom is 0.502 e. The van der Waals surface area contributed by atoms with E-state index in [0.717, 1.165) is 11.1 Å². The summed E-state index contributed by atoms with van der Waals surface area (Å²) < 4.78 is 5.27. The molecule has 7 nitrogen and oxygen atoms in total. The number of benzene rings is 2. The third-order valence-corrected chi connectivity index (χ3v) is 3.29. The molecular formula is C19H22N3O4+. The fourth-order valence-corrected chi connectivity index (χ4v) is 2.29. The van der Waals surface area contributed by atoms with Crippen molar-refractivity contribution in [2.75, 3.05) is 5.32 Å². The van der Waals surface area contributed by atoms with Crippen LogP contribution >= 0.6 is 0 Å². The van der Waals surface area contributed by atoms with Crippen molar-refractivity contribution in [3.63, 3.8) is 0 Å². The summed E-state index contributed by atoms with van der Waals surface area (Å²) in [5.41, 5.74) is 1.79. The second-order valence-electron chi connectivity index (χ2n) is 6.60. The SMILES string of the molecule is CC(C)(C)OC(=O)Nc1cc(-c2ccccc2)ccc1C(=[NH2+])NC(=O)O. The summed E-state index contributed by atoms with van der Waals surface area (Å²) in [7, 11) is 0. The maximum absolute atomic E-state index is 12.2. The first-order valence-electron chi connectivity index (χ1n) is 7.98. The molecule has 0 saturated carbocycles. The van der Waals surface area contributed by atoms with E-state index in [4.69, 9.17) is 15.3 Å². The third kappa shape index (κ3) is 5.34. The van der Waals surface area contributed by atoms with Gasteiger partial charge in [0.1, 0.15) is 5.60 Å². The van der Waals surface area contributed by atoms with Crippen LogP contribution in [-0.2, 0) is 4.74 Å².